The number of hydrogen-bond donors (Lipinski definition) is 2. The number of halogens is 1. The summed E-state index contributed by atoms with van der Waals surface area (Å²) in [4.78, 5) is 24.6. The van der Waals surface area contributed by atoms with Crippen molar-refractivity contribution in [1.29, 1.82) is 0 Å². The van der Waals surface area contributed by atoms with Crippen LogP contribution in [0.25, 0.3) is 0 Å². The van der Waals surface area contributed by atoms with E-state index in [9.17, 15) is 14.7 Å². The highest BCUT2D eigenvalue weighted by atomic mass is 79.9. The lowest BCUT2D eigenvalue weighted by Gasteiger charge is -2.26. The largest absolute Gasteiger partial charge is 0.481 e. The summed E-state index contributed by atoms with van der Waals surface area (Å²) in [5, 5.41) is 12.6. The first-order chi connectivity index (χ1) is 10.9. The molecule has 2 aliphatic rings. The third-order valence-corrected chi connectivity index (χ3v) is 5.59. The van der Waals surface area contributed by atoms with Crippen molar-refractivity contribution >= 4 is 33.5 Å². The van der Waals surface area contributed by atoms with Gasteiger partial charge in [-0.2, -0.15) is 0 Å². The summed E-state index contributed by atoms with van der Waals surface area (Å²) in [7, 11) is 0. The van der Waals surface area contributed by atoms with E-state index in [2.05, 4.69) is 21.2 Å². The second-order valence-electron chi connectivity index (χ2n) is 6.64. The van der Waals surface area contributed by atoms with E-state index in [1.807, 2.05) is 38.1 Å². The van der Waals surface area contributed by atoms with Crippen molar-refractivity contribution in [3.63, 3.8) is 0 Å². The molecule has 0 saturated heterocycles. The number of carboxylic acid groups (broad SMARTS) is 1. The van der Waals surface area contributed by atoms with Crippen LogP contribution in [0.1, 0.15) is 26.7 Å². The molecular weight excluding hydrogens is 358 g/mol. The van der Waals surface area contributed by atoms with Crippen LogP contribution in [0.2, 0.25) is 0 Å². The fourth-order valence-electron chi connectivity index (χ4n) is 4.40. The number of carboxylic acids is 1. The van der Waals surface area contributed by atoms with Gasteiger partial charge < -0.3 is 10.4 Å². The van der Waals surface area contributed by atoms with E-state index in [1.165, 1.54) is 11.1 Å². The van der Waals surface area contributed by atoms with Gasteiger partial charge in [0.05, 0.1) is 11.8 Å². The molecule has 1 aromatic rings. The Kier molecular flexibility index (Phi) is 4.32. The molecular formula is C18H20BrNO3. The number of carbonyl (C=O) groups is 2. The number of fused-ring (bicyclic) bond motifs is 2. The van der Waals surface area contributed by atoms with E-state index >= 15 is 0 Å². The van der Waals surface area contributed by atoms with Crippen molar-refractivity contribution in [2.45, 2.75) is 26.7 Å². The molecule has 2 bridgehead atoms. The van der Waals surface area contributed by atoms with Crippen molar-refractivity contribution < 1.29 is 14.7 Å². The molecule has 0 aromatic heterocycles. The summed E-state index contributed by atoms with van der Waals surface area (Å²) in [6, 6.07) is 7.36. The van der Waals surface area contributed by atoms with Gasteiger partial charge in [0, 0.05) is 10.2 Å². The molecule has 2 aliphatic carbocycles. The SMILES string of the molecule is CC(C)=C1[C@H]2CC[C@@H]1[C@@H](C(=O)Nc1cccc(Br)c1)[C@H]2C(=O)O. The van der Waals surface area contributed by atoms with Gasteiger partial charge in [0.15, 0.2) is 0 Å². The molecule has 0 heterocycles. The maximum atomic E-state index is 12.8. The lowest BCUT2D eigenvalue weighted by atomic mass is 9.78. The summed E-state index contributed by atoms with van der Waals surface area (Å²) < 4.78 is 0.878. The number of nitrogens with one attached hydrogen (secondary N) is 1. The van der Waals surface area contributed by atoms with Gasteiger partial charge >= 0.3 is 5.97 Å². The van der Waals surface area contributed by atoms with Gasteiger partial charge in [-0.3, -0.25) is 9.59 Å². The van der Waals surface area contributed by atoms with Crippen molar-refractivity contribution in [2.24, 2.45) is 23.7 Å². The Morgan fingerprint density at radius 2 is 1.83 bits per heavy atom. The van der Waals surface area contributed by atoms with Crippen LogP contribution in [0.4, 0.5) is 5.69 Å². The zero-order valence-corrected chi connectivity index (χ0v) is 14.8. The summed E-state index contributed by atoms with van der Waals surface area (Å²) in [5.74, 6) is -2.04. The number of carbonyl (C=O) groups excluding carboxylic acids is 1. The van der Waals surface area contributed by atoms with Crippen molar-refractivity contribution in [1.82, 2.24) is 0 Å². The molecule has 1 aromatic carbocycles. The fraction of sp³-hybridized carbons (Fsp3) is 0.444. The van der Waals surface area contributed by atoms with Gasteiger partial charge in [-0.25, -0.2) is 0 Å². The van der Waals surface area contributed by atoms with E-state index in [0.717, 1.165) is 17.3 Å². The van der Waals surface area contributed by atoms with Gasteiger partial charge in [0.25, 0.3) is 0 Å². The number of aliphatic carboxylic acids is 1. The minimum Gasteiger partial charge on any atom is -0.481 e. The van der Waals surface area contributed by atoms with E-state index in [-0.39, 0.29) is 17.7 Å². The standard InChI is InChI=1S/C18H20BrNO3/c1-9(2)14-12-6-7-13(14)16(18(22)23)15(12)17(21)20-11-5-3-4-10(19)8-11/h3-5,8,12-13,15-16H,6-7H2,1-2H3,(H,20,21)(H,22,23)/t12-,13+,15+,16-/m0/s1. The molecule has 2 fully saturated rings. The lowest BCUT2D eigenvalue weighted by molar-refractivity contribution is -0.148. The average Bonchev–Trinajstić information content (AvgIpc) is 3.02. The van der Waals surface area contributed by atoms with Crippen molar-refractivity contribution in [2.75, 3.05) is 5.32 Å². The third-order valence-electron chi connectivity index (χ3n) is 5.10. The predicted molar refractivity (Wildman–Crippen MR) is 92.0 cm³/mol. The number of rotatable bonds is 3. The maximum Gasteiger partial charge on any atom is 0.307 e. The van der Waals surface area contributed by atoms with Crippen molar-refractivity contribution in [3.8, 4) is 0 Å². The molecule has 4 atom stereocenters. The Morgan fingerprint density at radius 3 is 2.39 bits per heavy atom. The third kappa shape index (κ3) is 2.82. The van der Waals surface area contributed by atoms with Gasteiger partial charge in [-0.15, -0.1) is 0 Å². The minimum absolute atomic E-state index is 0.0146. The van der Waals surface area contributed by atoms with Crippen LogP contribution in [0.5, 0.6) is 0 Å². The zero-order chi connectivity index (χ0) is 16.7. The molecule has 0 radical (unpaired) electrons. The Morgan fingerprint density at radius 1 is 1.17 bits per heavy atom. The maximum absolute atomic E-state index is 12.8. The van der Waals surface area contributed by atoms with Crippen LogP contribution >= 0.6 is 15.9 Å². The number of amides is 1. The molecule has 122 valence electrons. The van der Waals surface area contributed by atoms with Crippen LogP contribution in [0, 0.1) is 23.7 Å². The minimum atomic E-state index is -0.856. The smallest absolute Gasteiger partial charge is 0.307 e. The summed E-state index contributed by atoms with van der Waals surface area (Å²) in [5.41, 5.74) is 3.06. The quantitative estimate of drug-likeness (QED) is 0.779. The molecule has 4 nitrogen and oxygen atoms in total. The molecule has 0 unspecified atom stereocenters. The average molecular weight is 378 g/mol. The van der Waals surface area contributed by atoms with Crippen LogP contribution in [0.3, 0.4) is 0 Å². The Labute approximate surface area is 144 Å². The van der Waals surface area contributed by atoms with E-state index in [4.69, 9.17) is 0 Å². The van der Waals surface area contributed by atoms with Gasteiger partial charge in [0.1, 0.15) is 0 Å². The first-order valence-corrected chi connectivity index (χ1v) is 8.66. The number of hydrogen-bond acceptors (Lipinski definition) is 2. The Hall–Kier alpha value is -1.62. The highest BCUT2D eigenvalue weighted by Gasteiger charge is 2.57. The van der Waals surface area contributed by atoms with Crippen molar-refractivity contribution in [3.05, 3.63) is 39.9 Å². The van der Waals surface area contributed by atoms with Gasteiger partial charge in [0.2, 0.25) is 5.91 Å². The first kappa shape index (κ1) is 16.2. The summed E-state index contributed by atoms with van der Waals surface area (Å²) >= 11 is 3.38. The molecule has 0 spiro atoms. The molecule has 1 amide bonds. The Balaban J connectivity index is 1.90. The normalized spacial score (nSPS) is 28.7. The highest BCUT2D eigenvalue weighted by Crippen LogP contribution is 2.57. The molecule has 3 rings (SSSR count). The first-order valence-electron chi connectivity index (χ1n) is 7.86. The lowest BCUT2D eigenvalue weighted by Crippen LogP contribution is -2.37. The monoisotopic (exact) mass is 377 g/mol. The Bertz CT molecular complexity index is 693. The second-order valence-corrected chi connectivity index (χ2v) is 7.55. The number of anilines is 1. The molecule has 0 aliphatic heterocycles. The highest BCUT2D eigenvalue weighted by molar-refractivity contribution is 9.10. The molecule has 5 heteroatoms. The van der Waals surface area contributed by atoms with Gasteiger partial charge in [-0.05, 0) is 56.7 Å². The van der Waals surface area contributed by atoms with E-state index < -0.39 is 17.8 Å². The second kappa shape index (κ2) is 6.11. The molecule has 2 saturated carbocycles. The van der Waals surface area contributed by atoms with E-state index in [0.29, 0.717) is 5.69 Å². The topological polar surface area (TPSA) is 66.4 Å². The van der Waals surface area contributed by atoms with Crippen LogP contribution in [0.15, 0.2) is 39.9 Å². The summed E-state index contributed by atoms with van der Waals surface area (Å²) in [6.45, 7) is 4.04. The van der Waals surface area contributed by atoms with Gasteiger partial charge in [-0.1, -0.05) is 33.1 Å². The zero-order valence-electron chi connectivity index (χ0n) is 13.2. The fourth-order valence-corrected chi connectivity index (χ4v) is 4.80. The summed E-state index contributed by atoms with van der Waals surface area (Å²) in [6.07, 6.45) is 1.79. The number of allylic oxidation sites excluding steroid dienone is 2. The van der Waals surface area contributed by atoms with E-state index in [1.54, 1.807) is 0 Å². The molecule has 23 heavy (non-hydrogen) atoms. The predicted octanol–water partition coefficient (Wildman–Crippen LogP) is 4.08. The molecule has 2 N–H and O–H groups in total. The number of benzene rings is 1. The van der Waals surface area contributed by atoms with Crippen LogP contribution < -0.4 is 5.32 Å². The van der Waals surface area contributed by atoms with Crippen LogP contribution in [-0.4, -0.2) is 17.0 Å². The van der Waals surface area contributed by atoms with Crippen LogP contribution in [-0.2, 0) is 9.59 Å².